The Balaban J connectivity index is 4.36. The summed E-state index contributed by atoms with van der Waals surface area (Å²) in [6, 6.07) is -1.26. The van der Waals surface area contributed by atoms with Gasteiger partial charge in [0.1, 0.15) is 6.04 Å². The minimum absolute atomic E-state index is 0.313. The molecule has 14 heavy (non-hydrogen) atoms. The van der Waals surface area contributed by atoms with Gasteiger partial charge in [-0.25, -0.2) is 0 Å². The lowest BCUT2D eigenvalue weighted by Crippen LogP contribution is -2.45. The lowest BCUT2D eigenvalue weighted by molar-refractivity contribution is -0.161. The third-order valence-corrected chi connectivity index (χ3v) is 1.67. The predicted molar refractivity (Wildman–Crippen MR) is 41.8 cm³/mol. The first-order valence-corrected chi connectivity index (χ1v) is 3.92. The molecule has 1 unspecified atom stereocenters. The molecule has 0 aliphatic carbocycles. The maximum Gasteiger partial charge on any atom is 0.401 e. The topological polar surface area (TPSA) is 60.8 Å². The van der Waals surface area contributed by atoms with E-state index in [-0.39, 0.29) is 6.54 Å². The second kappa shape index (κ2) is 5.16. The van der Waals surface area contributed by atoms with E-state index < -0.39 is 31.3 Å². The summed E-state index contributed by atoms with van der Waals surface area (Å²) in [6.45, 7) is -1.01. The van der Waals surface area contributed by atoms with E-state index in [4.69, 9.17) is 10.2 Å². The zero-order valence-electron chi connectivity index (χ0n) is 7.58. The molecule has 4 nitrogen and oxygen atoms in total. The Labute approximate surface area is 78.9 Å². The molecule has 0 spiro atoms. The summed E-state index contributed by atoms with van der Waals surface area (Å²) >= 11 is 0. The Morgan fingerprint density at radius 1 is 1.50 bits per heavy atom. The molecule has 7 heteroatoms. The normalized spacial score (nSPS) is 14.4. The van der Waals surface area contributed by atoms with Crippen LogP contribution in [-0.4, -0.2) is 53.0 Å². The van der Waals surface area contributed by atoms with E-state index >= 15 is 0 Å². The standard InChI is InChI=1S/C7H12F3NO3/c1-5(6(13)14)11(2-3-12)4-7(8,9)10/h5,12H,2-4H2,1H3,(H,13,14). The molecular formula is C7H12F3NO3. The number of aliphatic carboxylic acids is 1. The van der Waals surface area contributed by atoms with Crippen LogP contribution in [-0.2, 0) is 4.79 Å². The number of carbonyl (C=O) groups is 1. The van der Waals surface area contributed by atoms with Crippen molar-refractivity contribution in [3.63, 3.8) is 0 Å². The van der Waals surface area contributed by atoms with E-state index in [1.165, 1.54) is 0 Å². The van der Waals surface area contributed by atoms with Crippen molar-refractivity contribution in [2.75, 3.05) is 19.7 Å². The van der Waals surface area contributed by atoms with Gasteiger partial charge in [0.25, 0.3) is 0 Å². The average molecular weight is 215 g/mol. The number of carboxylic acid groups (broad SMARTS) is 1. The number of aliphatic hydroxyl groups excluding tert-OH is 1. The van der Waals surface area contributed by atoms with Crippen LogP contribution < -0.4 is 0 Å². The van der Waals surface area contributed by atoms with Crippen molar-refractivity contribution >= 4 is 5.97 Å². The van der Waals surface area contributed by atoms with Gasteiger partial charge in [-0.3, -0.25) is 9.69 Å². The maximum absolute atomic E-state index is 11.9. The fourth-order valence-corrected chi connectivity index (χ4v) is 0.925. The van der Waals surface area contributed by atoms with E-state index in [2.05, 4.69) is 0 Å². The van der Waals surface area contributed by atoms with Crippen molar-refractivity contribution in [1.82, 2.24) is 4.90 Å². The highest BCUT2D eigenvalue weighted by atomic mass is 19.4. The molecule has 0 aromatic rings. The molecule has 0 heterocycles. The van der Waals surface area contributed by atoms with Gasteiger partial charge >= 0.3 is 12.1 Å². The first kappa shape index (κ1) is 13.2. The van der Waals surface area contributed by atoms with E-state index in [1.807, 2.05) is 0 Å². The van der Waals surface area contributed by atoms with Crippen LogP contribution in [0.15, 0.2) is 0 Å². The predicted octanol–water partition coefficient (Wildman–Crippen LogP) is 0.316. The zero-order valence-corrected chi connectivity index (χ0v) is 7.58. The fourth-order valence-electron chi connectivity index (χ4n) is 0.925. The van der Waals surface area contributed by atoms with E-state index in [1.54, 1.807) is 0 Å². The minimum Gasteiger partial charge on any atom is -0.480 e. The van der Waals surface area contributed by atoms with Crippen LogP contribution in [0.1, 0.15) is 6.92 Å². The second-order valence-corrected chi connectivity index (χ2v) is 2.82. The van der Waals surface area contributed by atoms with Gasteiger partial charge in [-0.2, -0.15) is 13.2 Å². The van der Waals surface area contributed by atoms with Gasteiger partial charge in [0.05, 0.1) is 13.2 Å². The third kappa shape index (κ3) is 5.03. The summed E-state index contributed by atoms with van der Waals surface area (Å²) in [7, 11) is 0. The van der Waals surface area contributed by atoms with E-state index in [0.29, 0.717) is 4.90 Å². The lowest BCUT2D eigenvalue weighted by atomic mass is 10.3. The highest BCUT2D eigenvalue weighted by molar-refractivity contribution is 5.72. The van der Waals surface area contributed by atoms with E-state index in [9.17, 15) is 18.0 Å². The maximum atomic E-state index is 11.9. The molecule has 0 radical (unpaired) electrons. The summed E-state index contributed by atoms with van der Waals surface area (Å²) in [5.74, 6) is -1.34. The van der Waals surface area contributed by atoms with E-state index in [0.717, 1.165) is 6.92 Å². The number of hydrogen-bond acceptors (Lipinski definition) is 3. The molecule has 84 valence electrons. The number of aliphatic hydroxyl groups is 1. The summed E-state index contributed by atoms with van der Waals surface area (Å²) in [6.07, 6.45) is -4.46. The Morgan fingerprint density at radius 3 is 2.29 bits per heavy atom. The van der Waals surface area contributed by atoms with Crippen molar-refractivity contribution in [1.29, 1.82) is 0 Å². The van der Waals surface area contributed by atoms with Crippen molar-refractivity contribution in [3.8, 4) is 0 Å². The van der Waals surface area contributed by atoms with Gasteiger partial charge in [0.15, 0.2) is 0 Å². The van der Waals surface area contributed by atoms with Crippen molar-refractivity contribution in [3.05, 3.63) is 0 Å². The van der Waals surface area contributed by atoms with Crippen LogP contribution >= 0.6 is 0 Å². The molecule has 0 aromatic heterocycles. The molecule has 0 bridgehead atoms. The SMILES string of the molecule is CC(C(=O)O)N(CCO)CC(F)(F)F. The molecule has 0 aromatic carbocycles. The lowest BCUT2D eigenvalue weighted by Gasteiger charge is -2.26. The van der Waals surface area contributed by atoms with Gasteiger partial charge in [0, 0.05) is 6.54 Å². The Kier molecular flexibility index (Phi) is 4.86. The highest BCUT2D eigenvalue weighted by Crippen LogP contribution is 2.17. The second-order valence-electron chi connectivity index (χ2n) is 2.82. The number of nitrogens with zero attached hydrogens (tertiary/aromatic N) is 1. The monoisotopic (exact) mass is 215 g/mol. The van der Waals surface area contributed by atoms with Crippen LogP contribution in [0.25, 0.3) is 0 Å². The number of hydrogen-bond donors (Lipinski definition) is 2. The summed E-state index contributed by atoms with van der Waals surface area (Å²) in [5.41, 5.74) is 0. The largest absolute Gasteiger partial charge is 0.480 e. The van der Waals surface area contributed by atoms with Gasteiger partial charge < -0.3 is 10.2 Å². The smallest absolute Gasteiger partial charge is 0.401 e. The van der Waals surface area contributed by atoms with Crippen LogP contribution in [0.3, 0.4) is 0 Å². The van der Waals surface area contributed by atoms with Crippen molar-refractivity contribution < 1.29 is 28.2 Å². The average Bonchev–Trinajstić information content (AvgIpc) is 1.99. The van der Waals surface area contributed by atoms with Crippen molar-refractivity contribution in [2.24, 2.45) is 0 Å². The number of halogens is 3. The molecule has 0 amide bonds. The number of rotatable bonds is 5. The fraction of sp³-hybridized carbons (Fsp3) is 0.857. The molecule has 0 rings (SSSR count). The van der Waals surface area contributed by atoms with Crippen LogP contribution in [0.4, 0.5) is 13.2 Å². The first-order chi connectivity index (χ1) is 6.28. The van der Waals surface area contributed by atoms with Crippen LogP contribution in [0, 0.1) is 0 Å². The Bertz CT molecular complexity index is 195. The zero-order chi connectivity index (χ0) is 11.4. The van der Waals surface area contributed by atoms with Gasteiger partial charge in [0.2, 0.25) is 0 Å². The Morgan fingerprint density at radius 2 is 2.00 bits per heavy atom. The molecule has 0 aliphatic rings. The molecular weight excluding hydrogens is 203 g/mol. The first-order valence-electron chi connectivity index (χ1n) is 3.92. The number of alkyl halides is 3. The molecule has 0 saturated carbocycles. The quantitative estimate of drug-likeness (QED) is 0.693. The van der Waals surface area contributed by atoms with Gasteiger partial charge in [-0.15, -0.1) is 0 Å². The molecule has 2 N–H and O–H groups in total. The minimum atomic E-state index is -4.46. The third-order valence-electron chi connectivity index (χ3n) is 1.67. The molecule has 0 aliphatic heterocycles. The van der Waals surface area contributed by atoms with Crippen molar-refractivity contribution in [2.45, 2.75) is 19.1 Å². The molecule has 0 fully saturated rings. The highest BCUT2D eigenvalue weighted by Gasteiger charge is 2.34. The summed E-state index contributed by atoms with van der Waals surface area (Å²) in [5, 5.41) is 16.9. The molecule has 1 atom stereocenters. The van der Waals surface area contributed by atoms with Gasteiger partial charge in [-0.05, 0) is 6.92 Å². The number of carboxylic acids is 1. The summed E-state index contributed by atoms with van der Waals surface area (Å²) < 4.78 is 35.8. The van der Waals surface area contributed by atoms with Crippen LogP contribution in [0.2, 0.25) is 0 Å². The molecule has 0 saturated heterocycles. The summed E-state index contributed by atoms with van der Waals surface area (Å²) in [4.78, 5) is 11.1. The van der Waals surface area contributed by atoms with Gasteiger partial charge in [-0.1, -0.05) is 0 Å². The van der Waals surface area contributed by atoms with Crippen LogP contribution in [0.5, 0.6) is 0 Å². The Hall–Kier alpha value is -0.820.